The van der Waals surface area contributed by atoms with Crippen molar-refractivity contribution in [2.45, 2.75) is 19.4 Å². The Morgan fingerprint density at radius 1 is 1.00 bits per heavy atom. The third-order valence-corrected chi connectivity index (χ3v) is 7.01. The molecule has 0 aromatic heterocycles. The molecule has 1 aliphatic heterocycles. The van der Waals surface area contributed by atoms with Crippen molar-refractivity contribution in [1.29, 1.82) is 0 Å². The first-order valence-corrected chi connectivity index (χ1v) is 11.8. The van der Waals surface area contributed by atoms with Crippen LogP contribution in [0.15, 0.2) is 60.7 Å². The van der Waals surface area contributed by atoms with Crippen molar-refractivity contribution in [3.8, 4) is 5.75 Å². The quantitative estimate of drug-likeness (QED) is 0.616. The summed E-state index contributed by atoms with van der Waals surface area (Å²) >= 11 is 0. The maximum atomic E-state index is 12.6. The van der Waals surface area contributed by atoms with E-state index in [-0.39, 0.29) is 11.7 Å². The first-order valence-electron chi connectivity index (χ1n) is 10.2. The van der Waals surface area contributed by atoms with Gasteiger partial charge < -0.3 is 15.0 Å². The molecule has 0 spiro atoms. The van der Waals surface area contributed by atoms with Gasteiger partial charge in [0.1, 0.15) is 5.75 Å². The SMILES string of the molecule is CC(Oc1ccccc1)C(=O)NCCCS(=O)(=O)N1CCN(c2ccccc2)CC1. The van der Waals surface area contributed by atoms with E-state index in [4.69, 9.17) is 4.74 Å². The van der Waals surface area contributed by atoms with Crippen LogP contribution in [0.1, 0.15) is 13.3 Å². The summed E-state index contributed by atoms with van der Waals surface area (Å²) in [5.74, 6) is 0.386. The molecule has 1 fully saturated rings. The smallest absolute Gasteiger partial charge is 0.260 e. The Bertz CT molecular complexity index is 898. The molecule has 3 rings (SSSR count). The van der Waals surface area contributed by atoms with E-state index in [0.717, 1.165) is 5.69 Å². The van der Waals surface area contributed by atoms with Crippen molar-refractivity contribution in [1.82, 2.24) is 9.62 Å². The van der Waals surface area contributed by atoms with E-state index in [1.165, 1.54) is 0 Å². The largest absolute Gasteiger partial charge is 0.481 e. The molecular weight excluding hydrogens is 402 g/mol. The third-order valence-electron chi connectivity index (χ3n) is 5.06. The fourth-order valence-electron chi connectivity index (χ4n) is 3.36. The molecule has 8 heteroatoms. The van der Waals surface area contributed by atoms with Crippen LogP contribution in [0.3, 0.4) is 0 Å². The van der Waals surface area contributed by atoms with Crippen LogP contribution in [0.2, 0.25) is 0 Å². The molecule has 1 saturated heterocycles. The normalized spacial score (nSPS) is 16.1. The van der Waals surface area contributed by atoms with Gasteiger partial charge in [-0.3, -0.25) is 4.79 Å². The van der Waals surface area contributed by atoms with Gasteiger partial charge in [0.25, 0.3) is 5.91 Å². The van der Waals surface area contributed by atoms with E-state index in [0.29, 0.717) is 44.9 Å². The molecule has 1 heterocycles. The lowest BCUT2D eigenvalue weighted by atomic mass is 10.2. The van der Waals surface area contributed by atoms with Crippen LogP contribution in [-0.2, 0) is 14.8 Å². The van der Waals surface area contributed by atoms with Gasteiger partial charge in [-0.05, 0) is 37.6 Å². The lowest BCUT2D eigenvalue weighted by Gasteiger charge is -2.35. The second kappa shape index (κ2) is 10.4. The maximum absolute atomic E-state index is 12.6. The fraction of sp³-hybridized carbons (Fsp3) is 0.409. The summed E-state index contributed by atoms with van der Waals surface area (Å²) in [7, 11) is -3.33. The monoisotopic (exact) mass is 431 g/mol. The van der Waals surface area contributed by atoms with E-state index in [2.05, 4.69) is 10.2 Å². The van der Waals surface area contributed by atoms with Gasteiger partial charge in [0.05, 0.1) is 5.75 Å². The minimum absolute atomic E-state index is 0.0204. The Morgan fingerprint density at radius 3 is 2.23 bits per heavy atom. The van der Waals surface area contributed by atoms with Gasteiger partial charge in [-0.2, -0.15) is 4.31 Å². The van der Waals surface area contributed by atoms with Crippen LogP contribution < -0.4 is 15.0 Å². The van der Waals surface area contributed by atoms with Crippen molar-refractivity contribution in [2.75, 3.05) is 43.4 Å². The molecule has 0 radical (unpaired) electrons. The van der Waals surface area contributed by atoms with Gasteiger partial charge in [-0.25, -0.2) is 8.42 Å². The minimum atomic E-state index is -3.33. The Hall–Kier alpha value is -2.58. The number of carbonyl (C=O) groups is 1. The molecular formula is C22H29N3O4S. The first-order chi connectivity index (χ1) is 14.5. The molecule has 30 heavy (non-hydrogen) atoms. The highest BCUT2D eigenvalue weighted by atomic mass is 32.2. The predicted octanol–water partition coefficient (Wildman–Crippen LogP) is 2.11. The van der Waals surface area contributed by atoms with Crippen molar-refractivity contribution in [3.05, 3.63) is 60.7 Å². The van der Waals surface area contributed by atoms with Crippen molar-refractivity contribution < 1.29 is 17.9 Å². The first kappa shape index (κ1) is 22.1. The standard InChI is InChI=1S/C22H29N3O4S/c1-19(29-21-11-6-3-7-12-21)22(26)23-13-8-18-30(27,28)25-16-14-24(15-17-25)20-9-4-2-5-10-20/h2-7,9-12,19H,8,13-18H2,1H3,(H,23,26). The van der Waals surface area contributed by atoms with Crippen molar-refractivity contribution >= 4 is 21.6 Å². The second-order valence-corrected chi connectivity index (χ2v) is 9.34. The van der Waals surface area contributed by atoms with Crippen molar-refractivity contribution in [3.63, 3.8) is 0 Å². The van der Waals surface area contributed by atoms with E-state index >= 15 is 0 Å². The zero-order valence-corrected chi connectivity index (χ0v) is 18.1. The maximum Gasteiger partial charge on any atom is 0.260 e. The molecule has 1 atom stereocenters. The second-order valence-electron chi connectivity index (χ2n) is 7.26. The van der Waals surface area contributed by atoms with Crippen LogP contribution >= 0.6 is 0 Å². The molecule has 162 valence electrons. The summed E-state index contributed by atoms with van der Waals surface area (Å²) in [6.45, 7) is 4.27. The van der Waals surface area contributed by atoms with Crippen LogP contribution in [0.4, 0.5) is 5.69 Å². The molecule has 2 aromatic carbocycles. The van der Waals surface area contributed by atoms with Gasteiger partial charge >= 0.3 is 0 Å². The number of para-hydroxylation sites is 2. The molecule has 1 aliphatic rings. The van der Waals surface area contributed by atoms with Gasteiger partial charge in [0, 0.05) is 38.4 Å². The van der Waals surface area contributed by atoms with Crippen LogP contribution in [0, 0.1) is 0 Å². The Kier molecular flexibility index (Phi) is 7.70. The number of hydrogen-bond acceptors (Lipinski definition) is 5. The summed E-state index contributed by atoms with van der Waals surface area (Å²) in [5.41, 5.74) is 1.11. The fourth-order valence-corrected chi connectivity index (χ4v) is 4.85. The van der Waals surface area contributed by atoms with Gasteiger partial charge in [0.2, 0.25) is 10.0 Å². The number of anilines is 1. The molecule has 1 unspecified atom stereocenters. The minimum Gasteiger partial charge on any atom is -0.481 e. The number of piperazine rings is 1. The van der Waals surface area contributed by atoms with E-state index in [1.807, 2.05) is 48.5 Å². The molecule has 0 aliphatic carbocycles. The third kappa shape index (κ3) is 6.21. The van der Waals surface area contributed by atoms with Gasteiger partial charge in [-0.15, -0.1) is 0 Å². The average molecular weight is 432 g/mol. The van der Waals surface area contributed by atoms with Crippen LogP contribution in [-0.4, -0.2) is 63.2 Å². The number of sulfonamides is 1. The average Bonchev–Trinajstić information content (AvgIpc) is 2.78. The van der Waals surface area contributed by atoms with Crippen molar-refractivity contribution in [2.24, 2.45) is 0 Å². The zero-order valence-electron chi connectivity index (χ0n) is 17.2. The number of carbonyl (C=O) groups excluding carboxylic acids is 1. The number of nitrogens with one attached hydrogen (secondary N) is 1. The van der Waals surface area contributed by atoms with Crippen LogP contribution in [0.5, 0.6) is 5.75 Å². The number of ether oxygens (including phenoxy) is 1. The topological polar surface area (TPSA) is 78.9 Å². The predicted molar refractivity (Wildman–Crippen MR) is 118 cm³/mol. The summed E-state index contributed by atoms with van der Waals surface area (Å²) in [4.78, 5) is 14.3. The Labute approximate surface area is 178 Å². The molecule has 0 saturated carbocycles. The number of nitrogens with zero attached hydrogens (tertiary/aromatic N) is 2. The highest BCUT2D eigenvalue weighted by Gasteiger charge is 2.26. The molecule has 7 nitrogen and oxygen atoms in total. The highest BCUT2D eigenvalue weighted by molar-refractivity contribution is 7.89. The lowest BCUT2D eigenvalue weighted by molar-refractivity contribution is -0.127. The lowest BCUT2D eigenvalue weighted by Crippen LogP contribution is -2.49. The number of benzene rings is 2. The molecule has 1 N–H and O–H groups in total. The number of amides is 1. The molecule has 1 amide bonds. The summed E-state index contributed by atoms with van der Waals surface area (Å²) < 4.78 is 32.4. The van der Waals surface area contributed by atoms with E-state index in [1.54, 1.807) is 23.4 Å². The molecule has 0 bridgehead atoms. The van der Waals surface area contributed by atoms with E-state index < -0.39 is 16.1 Å². The van der Waals surface area contributed by atoms with Gasteiger partial charge in [0.15, 0.2) is 6.10 Å². The van der Waals surface area contributed by atoms with Gasteiger partial charge in [-0.1, -0.05) is 36.4 Å². The summed E-state index contributed by atoms with van der Waals surface area (Å²) in [6.07, 6.45) is -0.277. The number of hydrogen-bond donors (Lipinski definition) is 1. The Morgan fingerprint density at radius 2 is 1.60 bits per heavy atom. The Balaban J connectivity index is 1.37. The summed E-state index contributed by atoms with van der Waals surface area (Å²) in [5, 5.41) is 2.75. The van der Waals surface area contributed by atoms with Crippen LogP contribution in [0.25, 0.3) is 0 Å². The number of rotatable bonds is 9. The van der Waals surface area contributed by atoms with E-state index in [9.17, 15) is 13.2 Å². The molecule has 2 aromatic rings. The zero-order chi connectivity index (χ0) is 21.4. The summed E-state index contributed by atoms with van der Waals surface area (Å²) in [6, 6.07) is 19.1. The highest BCUT2D eigenvalue weighted by Crippen LogP contribution is 2.17.